The SMILES string of the molecule is Cc1noc(C)c1-c1ccc(Cl)c(COc2ccc(S(=O)(=O)CC(=O)O)cc2)c1. The summed E-state index contributed by atoms with van der Waals surface area (Å²) >= 11 is 6.28. The van der Waals surface area contributed by atoms with Gasteiger partial charge in [0.1, 0.15) is 18.1 Å². The van der Waals surface area contributed by atoms with Crippen molar-refractivity contribution in [3.8, 4) is 16.9 Å². The molecular formula is C20H18ClNO6S. The minimum Gasteiger partial charge on any atom is -0.489 e. The summed E-state index contributed by atoms with van der Waals surface area (Å²) in [7, 11) is -3.88. The summed E-state index contributed by atoms with van der Waals surface area (Å²) in [6, 6.07) is 11.1. The molecule has 0 radical (unpaired) electrons. The quantitative estimate of drug-likeness (QED) is 0.596. The summed E-state index contributed by atoms with van der Waals surface area (Å²) in [6.07, 6.45) is 0. The number of halogens is 1. The first-order chi connectivity index (χ1) is 13.7. The molecule has 0 aliphatic carbocycles. The number of ether oxygens (including phenoxy) is 1. The Morgan fingerprint density at radius 3 is 2.45 bits per heavy atom. The van der Waals surface area contributed by atoms with Crippen LogP contribution in [-0.4, -0.2) is 30.4 Å². The number of rotatable bonds is 7. The smallest absolute Gasteiger partial charge is 0.319 e. The van der Waals surface area contributed by atoms with Gasteiger partial charge in [0, 0.05) is 16.1 Å². The van der Waals surface area contributed by atoms with Crippen molar-refractivity contribution in [3.63, 3.8) is 0 Å². The second-order valence-electron chi connectivity index (χ2n) is 6.42. The Kier molecular flexibility index (Phi) is 5.95. The number of hydrogen-bond donors (Lipinski definition) is 1. The minimum absolute atomic E-state index is 0.0781. The first-order valence-corrected chi connectivity index (χ1v) is 10.6. The van der Waals surface area contributed by atoms with E-state index in [-0.39, 0.29) is 11.5 Å². The topological polar surface area (TPSA) is 107 Å². The van der Waals surface area contributed by atoms with Gasteiger partial charge in [0.25, 0.3) is 0 Å². The van der Waals surface area contributed by atoms with Crippen LogP contribution in [0.15, 0.2) is 51.9 Å². The third-order valence-corrected chi connectivity index (χ3v) is 6.24. The highest BCUT2D eigenvalue weighted by Gasteiger charge is 2.19. The van der Waals surface area contributed by atoms with Gasteiger partial charge >= 0.3 is 5.97 Å². The minimum atomic E-state index is -3.88. The molecule has 1 N–H and O–H groups in total. The lowest BCUT2D eigenvalue weighted by Crippen LogP contribution is -2.15. The van der Waals surface area contributed by atoms with Crippen molar-refractivity contribution in [2.45, 2.75) is 25.3 Å². The van der Waals surface area contributed by atoms with Gasteiger partial charge in [-0.2, -0.15) is 0 Å². The first kappa shape index (κ1) is 20.9. The van der Waals surface area contributed by atoms with Gasteiger partial charge in [-0.25, -0.2) is 8.42 Å². The van der Waals surface area contributed by atoms with Gasteiger partial charge < -0.3 is 14.4 Å². The van der Waals surface area contributed by atoms with Crippen LogP contribution in [0.3, 0.4) is 0 Å². The molecule has 29 heavy (non-hydrogen) atoms. The van der Waals surface area contributed by atoms with Crippen molar-refractivity contribution >= 4 is 27.4 Å². The number of sulfone groups is 1. The van der Waals surface area contributed by atoms with Gasteiger partial charge in [-0.1, -0.05) is 22.8 Å². The fourth-order valence-corrected chi connectivity index (χ4v) is 4.10. The molecule has 0 atom stereocenters. The number of aryl methyl sites for hydroxylation is 2. The van der Waals surface area contributed by atoms with E-state index in [1.54, 1.807) is 6.07 Å². The Hall–Kier alpha value is -2.84. The van der Waals surface area contributed by atoms with Crippen molar-refractivity contribution in [2.75, 3.05) is 5.75 Å². The monoisotopic (exact) mass is 435 g/mol. The number of benzene rings is 2. The number of carbonyl (C=O) groups is 1. The molecule has 7 nitrogen and oxygen atoms in total. The number of aliphatic carboxylic acids is 1. The molecule has 0 aliphatic heterocycles. The molecule has 0 saturated carbocycles. The van der Waals surface area contributed by atoms with Gasteiger partial charge in [0.2, 0.25) is 0 Å². The van der Waals surface area contributed by atoms with Crippen molar-refractivity contribution in [1.82, 2.24) is 5.16 Å². The number of aromatic nitrogens is 1. The van der Waals surface area contributed by atoms with Crippen molar-refractivity contribution in [2.24, 2.45) is 0 Å². The Labute approximate surface area is 172 Å². The van der Waals surface area contributed by atoms with Gasteiger partial charge in [-0.05, 0) is 55.8 Å². The molecule has 1 aromatic heterocycles. The molecule has 2 aromatic carbocycles. The third-order valence-electron chi connectivity index (χ3n) is 4.26. The Bertz CT molecular complexity index is 1130. The highest BCUT2D eigenvalue weighted by molar-refractivity contribution is 7.92. The van der Waals surface area contributed by atoms with Gasteiger partial charge in [-0.15, -0.1) is 0 Å². The van der Waals surface area contributed by atoms with Crippen LogP contribution in [-0.2, 0) is 21.2 Å². The molecule has 0 aliphatic rings. The van der Waals surface area contributed by atoms with Crippen molar-refractivity contribution in [1.29, 1.82) is 0 Å². The summed E-state index contributed by atoms with van der Waals surface area (Å²) in [5, 5.41) is 13.2. The molecule has 1 heterocycles. The average molecular weight is 436 g/mol. The molecule has 0 saturated heterocycles. The van der Waals surface area contributed by atoms with E-state index < -0.39 is 21.6 Å². The zero-order chi connectivity index (χ0) is 21.2. The molecule has 3 aromatic rings. The van der Waals surface area contributed by atoms with E-state index in [2.05, 4.69) is 5.16 Å². The van der Waals surface area contributed by atoms with E-state index in [0.29, 0.717) is 16.5 Å². The predicted molar refractivity (Wildman–Crippen MR) is 107 cm³/mol. The molecule has 152 valence electrons. The summed E-state index contributed by atoms with van der Waals surface area (Å²) in [4.78, 5) is 10.6. The second-order valence-corrected chi connectivity index (χ2v) is 8.82. The van der Waals surface area contributed by atoms with Crippen LogP contribution < -0.4 is 4.74 Å². The van der Waals surface area contributed by atoms with Crippen molar-refractivity contribution in [3.05, 3.63) is 64.5 Å². The Morgan fingerprint density at radius 2 is 1.86 bits per heavy atom. The highest BCUT2D eigenvalue weighted by atomic mass is 35.5. The molecule has 0 fully saturated rings. The Morgan fingerprint density at radius 1 is 1.17 bits per heavy atom. The third kappa shape index (κ3) is 4.78. The number of nitrogens with zero attached hydrogens (tertiary/aromatic N) is 1. The van der Waals surface area contributed by atoms with E-state index >= 15 is 0 Å². The van der Waals surface area contributed by atoms with E-state index in [1.165, 1.54) is 24.3 Å². The van der Waals surface area contributed by atoms with E-state index in [1.807, 2.05) is 26.0 Å². The van der Waals surface area contributed by atoms with Gasteiger partial charge in [0.05, 0.1) is 10.6 Å². The Balaban J connectivity index is 1.77. The maximum Gasteiger partial charge on any atom is 0.319 e. The van der Waals surface area contributed by atoms with E-state index in [0.717, 1.165) is 22.4 Å². The maximum absolute atomic E-state index is 11.9. The lowest BCUT2D eigenvalue weighted by atomic mass is 10.0. The van der Waals surface area contributed by atoms with E-state index in [9.17, 15) is 13.2 Å². The lowest BCUT2D eigenvalue weighted by molar-refractivity contribution is -0.134. The van der Waals surface area contributed by atoms with E-state index in [4.69, 9.17) is 26.0 Å². The van der Waals surface area contributed by atoms with Crippen molar-refractivity contribution < 1.29 is 27.6 Å². The molecule has 0 spiro atoms. The molecule has 0 bridgehead atoms. The lowest BCUT2D eigenvalue weighted by Gasteiger charge is -2.10. The zero-order valence-electron chi connectivity index (χ0n) is 15.7. The first-order valence-electron chi connectivity index (χ1n) is 8.56. The highest BCUT2D eigenvalue weighted by Crippen LogP contribution is 2.30. The van der Waals surface area contributed by atoms with Crippen LogP contribution in [0.25, 0.3) is 11.1 Å². The number of hydrogen-bond acceptors (Lipinski definition) is 6. The zero-order valence-corrected chi connectivity index (χ0v) is 17.2. The average Bonchev–Trinajstić information content (AvgIpc) is 2.99. The molecule has 3 rings (SSSR count). The fourth-order valence-electron chi connectivity index (χ4n) is 2.89. The van der Waals surface area contributed by atoms with Gasteiger partial charge in [-0.3, -0.25) is 4.79 Å². The summed E-state index contributed by atoms with van der Waals surface area (Å²) in [5.41, 5.74) is 3.32. The van der Waals surface area contributed by atoms with Crippen LogP contribution >= 0.6 is 11.6 Å². The number of carboxylic acid groups (broad SMARTS) is 1. The summed E-state index contributed by atoms with van der Waals surface area (Å²) in [5.74, 6) is -1.23. The normalized spacial score (nSPS) is 11.4. The maximum atomic E-state index is 11.9. The van der Waals surface area contributed by atoms with Crippen LogP contribution in [0.5, 0.6) is 5.75 Å². The summed E-state index contributed by atoms with van der Waals surface area (Å²) < 4.78 is 34.8. The van der Waals surface area contributed by atoms with Crippen LogP contribution in [0.1, 0.15) is 17.0 Å². The molecule has 0 amide bonds. The standard InChI is InChI=1S/C20H18ClNO6S/c1-12-20(13(2)28-22-12)14-3-8-18(21)15(9-14)10-27-16-4-6-17(7-5-16)29(25,26)11-19(23)24/h3-9H,10-11H2,1-2H3,(H,23,24). The number of carboxylic acids is 1. The van der Waals surface area contributed by atoms with Gasteiger partial charge in [0.15, 0.2) is 15.6 Å². The van der Waals surface area contributed by atoms with Crippen LogP contribution in [0, 0.1) is 13.8 Å². The predicted octanol–water partition coefficient (Wildman–Crippen LogP) is 4.05. The second kappa shape index (κ2) is 8.26. The fraction of sp³-hybridized carbons (Fsp3) is 0.200. The van der Waals surface area contributed by atoms with Crippen LogP contribution in [0.2, 0.25) is 5.02 Å². The molecule has 0 unspecified atom stereocenters. The van der Waals surface area contributed by atoms with Crippen LogP contribution in [0.4, 0.5) is 0 Å². The summed E-state index contributed by atoms with van der Waals surface area (Å²) in [6.45, 7) is 3.86. The molecule has 9 heteroatoms. The largest absolute Gasteiger partial charge is 0.489 e. The molecular weight excluding hydrogens is 418 g/mol.